The second kappa shape index (κ2) is 6.60. The smallest absolute Gasteiger partial charge is 0.253 e. The van der Waals surface area contributed by atoms with Crippen molar-refractivity contribution in [2.45, 2.75) is 13.0 Å². The lowest BCUT2D eigenvalue weighted by atomic mass is 10.3. The SMILES string of the molecule is C=CCn1c(=NC(=O)Cc2ccc(Cl)s2)sc2ccccc21. The number of thiophene rings is 1. The van der Waals surface area contributed by atoms with E-state index in [0.29, 0.717) is 15.7 Å². The molecule has 0 unspecified atom stereocenters. The molecule has 112 valence electrons. The van der Waals surface area contributed by atoms with Gasteiger partial charge in [0.2, 0.25) is 0 Å². The fourth-order valence-electron chi connectivity index (χ4n) is 2.15. The van der Waals surface area contributed by atoms with Gasteiger partial charge in [0.05, 0.1) is 21.0 Å². The van der Waals surface area contributed by atoms with E-state index in [1.807, 2.05) is 41.0 Å². The Morgan fingerprint density at radius 1 is 1.27 bits per heavy atom. The van der Waals surface area contributed by atoms with Gasteiger partial charge >= 0.3 is 0 Å². The van der Waals surface area contributed by atoms with E-state index in [9.17, 15) is 4.79 Å². The zero-order chi connectivity index (χ0) is 15.5. The quantitative estimate of drug-likeness (QED) is 0.648. The van der Waals surface area contributed by atoms with Gasteiger partial charge in [0.25, 0.3) is 5.91 Å². The number of amides is 1. The van der Waals surface area contributed by atoms with E-state index in [4.69, 9.17) is 11.6 Å². The molecule has 0 atom stereocenters. The largest absolute Gasteiger partial charge is 0.313 e. The van der Waals surface area contributed by atoms with Gasteiger partial charge < -0.3 is 4.57 Å². The molecule has 1 amide bonds. The van der Waals surface area contributed by atoms with E-state index in [2.05, 4.69) is 11.6 Å². The van der Waals surface area contributed by atoms with Crippen LogP contribution in [0.5, 0.6) is 0 Å². The van der Waals surface area contributed by atoms with Crippen LogP contribution < -0.4 is 4.80 Å². The molecule has 0 saturated carbocycles. The molecule has 1 aromatic carbocycles. The molecule has 0 aliphatic heterocycles. The first-order chi connectivity index (χ1) is 10.7. The third-order valence-corrected chi connectivity index (χ3v) is 5.37. The van der Waals surface area contributed by atoms with Crippen molar-refractivity contribution in [3.8, 4) is 0 Å². The summed E-state index contributed by atoms with van der Waals surface area (Å²) in [6, 6.07) is 11.7. The molecule has 0 N–H and O–H groups in total. The van der Waals surface area contributed by atoms with Crippen LogP contribution in [-0.4, -0.2) is 10.5 Å². The lowest BCUT2D eigenvalue weighted by Crippen LogP contribution is -2.16. The van der Waals surface area contributed by atoms with Crippen molar-refractivity contribution in [1.82, 2.24) is 4.57 Å². The van der Waals surface area contributed by atoms with Crippen molar-refractivity contribution in [3.63, 3.8) is 0 Å². The van der Waals surface area contributed by atoms with Gasteiger partial charge in [-0.2, -0.15) is 4.99 Å². The van der Waals surface area contributed by atoms with Crippen molar-refractivity contribution in [2.24, 2.45) is 4.99 Å². The van der Waals surface area contributed by atoms with Crippen molar-refractivity contribution < 1.29 is 4.79 Å². The molecule has 3 rings (SSSR count). The van der Waals surface area contributed by atoms with Gasteiger partial charge in [-0.05, 0) is 24.3 Å². The summed E-state index contributed by atoms with van der Waals surface area (Å²) < 4.78 is 3.80. The maximum absolute atomic E-state index is 12.2. The second-order valence-corrected chi connectivity index (χ2v) is 7.45. The highest BCUT2D eigenvalue weighted by molar-refractivity contribution is 7.16. The molecule has 0 spiro atoms. The highest BCUT2D eigenvalue weighted by Crippen LogP contribution is 2.22. The Bertz CT molecular complexity index is 904. The first-order valence-electron chi connectivity index (χ1n) is 6.68. The van der Waals surface area contributed by atoms with Crippen LogP contribution in [-0.2, 0) is 17.8 Å². The maximum Gasteiger partial charge on any atom is 0.253 e. The number of hydrogen-bond donors (Lipinski definition) is 0. The normalized spacial score (nSPS) is 12.0. The predicted octanol–water partition coefficient (Wildman–Crippen LogP) is 4.27. The number of para-hydroxylation sites is 1. The van der Waals surface area contributed by atoms with Gasteiger partial charge in [0, 0.05) is 11.4 Å². The van der Waals surface area contributed by atoms with Crippen LogP contribution in [0.1, 0.15) is 4.88 Å². The lowest BCUT2D eigenvalue weighted by molar-refractivity contribution is -0.117. The van der Waals surface area contributed by atoms with Crippen LogP contribution in [0.15, 0.2) is 54.0 Å². The van der Waals surface area contributed by atoms with E-state index in [1.54, 1.807) is 6.07 Å². The van der Waals surface area contributed by atoms with Crippen molar-refractivity contribution >= 4 is 50.4 Å². The predicted molar refractivity (Wildman–Crippen MR) is 93.6 cm³/mol. The van der Waals surface area contributed by atoms with Gasteiger partial charge in [-0.3, -0.25) is 4.79 Å². The Morgan fingerprint density at radius 3 is 2.82 bits per heavy atom. The monoisotopic (exact) mass is 348 g/mol. The van der Waals surface area contributed by atoms with Crippen LogP contribution in [0.3, 0.4) is 0 Å². The average Bonchev–Trinajstić information content (AvgIpc) is 3.04. The number of hydrogen-bond acceptors (Lipinski definition) is 3. The number of nitrogens with zero attached hydrogens (tertiary/aromatic N) is 2. The number of carbonyl (C=O) groups excluding carboxylic acids is 1. The Labute approximate surface area is 140 Å². The summed E-state index contributed by atoms with van der Waals surface area (Å²) in [6.45, 7) is 4.40. The molecule has 0 saturated heterocycles. The fourth-order valence-corrected chi connectivity index (χ4v) is 4.29. The number of thiazole rings is 1. The summed E-state index contributed by atoms with van der Waals surface area (Å²) in [5, 5.41) is 0. The summed E-state index contributed by atoms with van der Waals surface area (Å²) in [5.41, 5.74) is 1.07. The van der Waals surface area contributed by atoms with Crippen molar-refractivity contribution in [3.05, 3.63) is 63.1 Å². The molecule has 2 heterocycles. The summed E-state index contributed by atoms with van der Waals surface area (Å²) in [7, 11) is 0. The zero-order valence-electron chi connectivity index (χ0n) is 11.7. The van der Waals surface area contributed by atoms with E-state index < -0.39 is 0 Å². The summed E-state index contributed by atoms with van der Waals surface area (Å²) in [5.74, 6) is -0.164. The molecule has 0 aliphatic carbocycles. The molecule has 3 aromatic rings. The second-order valence-electron chi connectivity index (χ2n) is 4.64. The average molecular weight is 349 g/mol. The van der Waals surface area contributed by atoms with Gasteiger partial charge in [-0.15, -0.1) is 17.9 Å². The molecule has 3 nitrogen and oxygen atoms in total. The van der Waals surface area contributed by atoms with E-state index in [0.717, 1.165) is 15.1 Å². The third-order valence-electron chi connectivity index (χ3n) is 3.07. The van der Waals surface area contributed by atoms with Crippen LogP contribution in [0, 0.1) is 0 Å². The molecule has 22 heavy (non-hydrogen) atoms. The lowest BCUT2D eigenvalue weighted by Gasteiger charge is -2.00. The molecule has 0 aliphatic rings. The summed E-state index contributed by atoms with van der Waals surface area (Å²) in [4.78, 5) is 18.1. The zero-order valence-corrected chi connectivity index (χ0v) is 14.0. The van der Waals surface area contributed by atoms with Gasteiger partial charge in [0.15, 0.2) is 4.80 Å². The molecule has 0 fully saturated rings. The van der Waals surface area contributed by atoms with E-state index in [1.165, 1.54) is 22.7 Å². The number of aromatic nitrogens is 1. The number of benzene rings is 1. The van der Waals surface area contributed by atoms with Crippen molar-refractivity contribution in [1.29, 1.82) is 0 Å². The number of allylic oxidation sites excluding steroid dienone is 1. The van der Waals surface area contributed by atoms with Crippen LogP contribution in [0.4, 0.5) is 0 Å². The minimum atomic E-state index is -0.164. The molecule has 0 bridgehead atoms. The minimum absolute atomic E-state index is 0.164. The Balaban J connectivity index is 1.98. The van der Waals surface area contributed by atoms with Crippen LogP contribution in [0.2, 0.25) is 4.34 Å². The first-order valence-corrected chi connectivity index (χ1v) is 8.69. The fraction of sp³-hybridized carbons (Fsp3) is 0.125. The molecular weight excluding hydrogens is 336 g/mol. The van der Waals surface area contributed by atoms with Crippen LogP contribution in [0.25, 0.3) is 10.2 Å². The highest BCUT2D eigenvalue weighted by atomic mass is 35.5. The Morgan fingerprint density at radius 2 is 2.09 bits per heavy atom. The van der Waals surface area contributed by atoms with Crippen molar-refractivity contribution in [2.75, 3.05) is 0 Å². The molecule has 0 radical (unpaired) electrons. The molecule has 2 aromatic heterocycles. The van der Waals surface area contributed by atoms with Gasteiger partial charge in [0.1, 0.15) is 0 Å². The molecular formula is C16H13ClN2OS2. The van der Waals surface area contributed by atoms with Gasteiger partial charge in [-0.25, -0.2) is 0 Å². The third kappa shape index (κ3) is 3.21. The number of fused-ring (bicyclic) bond motifs is 1. The van der Waals surface area contributed by atoms with Crippen LogP contribution >= 0.6 is 34.3 Å². The highest BCUT2D eigenvalue weighted by Gasteiger charge is 2.08. The number of carbonyl (C=O) groups is 1. The van der Waals surface area contributed by atoms with E-state index >= 15 is 0 Å². The summed E-state index contributed by atoms with van der Waals surface area (Å²) >= 11 is 8.81. The minimum Gasteiger partial charge on any atom is -0.313 e. The number of rotatable bonds is 4. The van der Waals surface area contributed by atoms with E-state index in [-0.39, 0.29) is 12.3 Å². The topological polar surface area (TPSA) is 34.4 Å². The number of halogens is 1. The standard InChI is InChI=1S/C16H13ClN2OS2/c1-2-9-19-12-5-3-4-6-13(12)22-16(19)18-15(20)10-11-7-8-14(17)21-11/h2-8H,1,9-10H2. The molecule has 6 heteroatoms. The summed E-state index contributed by atoms with van der Waals surface area (Å²) in [6.07, 6.45) is 2.08. The first kappa shape index (κ1) is 15.2. The Hall–Kier alpha value is -1.69. The maximum atomic E-state index is 12.2. The Kier molecular flexibility index (Phi) is 4.57. The van der Waals surface area contributed by atoms with Gasteiger partial charge in [-0.1, -0.05) is 41.1 Å².